The van der Waals surface area contributed by atoms with Crippen molar-refractivity contribution in [3.63, 3.8) is 0 Å². The van der Waals surface area contributed by atoms with Crippen LogP contribution in [0.1, 0.15) is 0 Å². The van der Waals surface area contributed by atoms with Gasteiger partial charge in [0.25, 0.3) is 0 Å². The van der Waals surface area contributed by atoms with Crippen molar-refractivity contribution < 1.29 is 0 Å². The molecule has 8 heavy (non-hydrogen) atoms. The van der Waals surface area contributed by atoms with Crippen LogP contribution in [0.3, 0.4) is 0 Å². The summed E-state index contributed by atoms with van der Waals surface area (Å²) in [5.74, 6) is 2.82. The van der Waals surface area contributed by atoms with E-state index in [0.717, 1.165) is 12.0 Å². The van der Waals surface area contributed by atoms with Gasteiger partial charge in [-0.15, -0.1) is 11.6 Å². The summed E-state index contributed by atoms with van der Waals surface area (Å²) < 4.78 is 0. The Labute approximate surface area is 57.3 Å². The Bertz CT molecular complexity index is 78.6. The molecule has 0 fully saturated rings. The molecule has 48 valence electrons. The number of hydrogen-bond donors (Lipinski definition) is 0. The van der Waals surface area contributed by atoms with Gasteiger partial charge in [-0.2, -0.15) is 0 Å². The van der Waals surface area contributed by atoms with E-state index in [4.69, 9.17) is 11.6 Å². The first-order chi connectivity index (χ1) is 3.62. The third-order valence-electron chi connectivity index (χ3n) is 1.16. The van der Waals surface area contributed by atoms with Crippen LogP contribution in [0.2, 0.25) is 0 Å². The zero-order valence-electron chi connectivity index (χ0n) is 5.52. The maximum atomic E-state index is 5.54. The van der Waals surface area contributed by atoms with Crippen molar-refractivity contribution in [2.45, 2.75) is 0 Å². The van der Waals surface area contributed by atoms with Crippen molar-refractivity contribution in [2.24, 2.45) is 0 Å². The number of hydrogen-bond acceptors (Lipinski definition) is 0. The minimum Gasteiger partial charge on any atom is -0.123 e. The maximum Gasteiger partial charge on any atom is 0.0765 e. The highest BCUT2D eigenvalue weighted by Gasteiger charge is 2.17. The highest BCUT2D eigenvalue weighted by molar-refractivity contribution is 7.77. The predicted molar refractivity (Wildman–Crippen MR) is 44.6 cm³/mol. The third kappa shape index (κ3) is 3.46. The van der Waals surface area contributed by atoms with Crippen LogP contribution >= 0.6 is 18.9 Å². The van der Waals surface area contributed by atoms with Crippen molar-refractivity contribution in [1.82, 2.24) is 0 Å². The third-order valence-corrected chi connectivity index (χ3v) is 3.97. The standard InChI is InChI=1S/C6H13ClP/c1-4-8(2,3)6-5-7/h4H,1,5-6H2,2-3H3/q+1. The highest BCUT2D eigenvalue weighted by atomic mass is 35.5. The van der Waals surface area contributed by atoms with Crippen LogP contribution in [0.25, 0.3) is 0 Å². The molecule has 0 aromatic carbocycles. The van der Waals surface area contributed by atoms with Gasteiger partial charge >= 0.3 is 0 Å². The summed E-state index contributed by atoms with van der Waals surface area (Å²) in [5, 5.41) is 0. The first kappa shape index (κ1) is 8.46. The van der Waals surface area contributed by atoms with Gasteiger partial charge in [-0.1, -0.05) is 6.58 Å². The van der Waals surface area contributed by atoms with Crippen LogP contribution in [0.15, 0.2) is 12.4 Å². The molecule has 0 aromatic heterocycles. The molecule has 0 aromatic rings. The smallest absolute Gasteiger partial charge is 0.0765 e. The molecule has 0 unspecified atom stereocenters. The molecular weight excluding hydrogens is 138 g/mol. The molecule has 0 heterocycles. The molecule has 0 spiro atoms. The average Bonchev–Trinajstić information content (AvgIpc) is 1.67. The predicted octanol–water partition coefficient (Wildman–Crippen LogP) is 2.65. The molecule has 0 aliphatic carbocycles. The number of halogens is 1. The van der Waals surface area contributed by atoms with Crippen LogP contribution in [0.4, 0.5) is 0 Å². The molecule has 0 saturated carbocycles. The lowest BCUT2D eigenvalue weighted by Gasteiger charge is -2.08. The molecule has 0 amide bonds. The Hall–Kier alpha value is 0.460. The number of rotatable bonds is 3. The molecule has 0 aliphatic rings. The van der Waals surface area contributed by atoms with E-state index in [1.807, 2.05) is 0 Å². The van der Waals surface area contributed by atoms with E-state index in [0.29, 0.717) is 0 Å². The molecule has 0 N–H and O–H groups in total. The fourth-order valence-corrected chi connectivity index (χ4v) is 2.23. The summed E-state index contributed by atoms with van der Waals surface area (Å²) in [6.45, 7) is 8.22. The topological polar surface area (TPSA) is 0 Å². The van der Waals surface area contributed by atoms with Crippen molar-refractivity contribution in [2.75, 3.05) is 25.4 Å². The van der Waals surface area contributed by atoms with E-state index in [9.17, 15) is 0 Å². The van der Waals surface area contributed by atoms with E-state index in [2.05, 4.69) is 25.7 Å². The Morgan fingerprint density at radius 1 is 1.62 bits per heavy atom. The van der Waals surface area contributed by atoms with Crippen molar-refractivity contribution in [3.8, 4) is 0 Å². The van der Waals surface area contributed by atoms with E-state index in [1.165, 1.54) is 0 Å². The minimum atomic E-state index is -0.791. The second kappa shape index (κ2) is 3.48. The minimum absolute atomic E-state index is 0.771. The summed E-state index contributed by atoms with van der Waals surface area (Å²) in [6.07, 6.45) is 1.12. The summed E-state index contributed by atoms with van der Waals surface area (Å²) in [6, 6.07) is 0. The van der Waals surface area contributed by atoms with Gasteiger partial charge in [0.1, 0.15) is 0 Å². The van der Waals surface area contributed by atoms with Gasteiger partial charge in [-0.3, -0.25) is 0 Å². The van der Waals surface area contributed by atoms with Gasteiger partial charge in [0.15, 0.2) is 0 Å². The lowest BCUT2D eigenvalue weighted by Crippen LogP contribution is -1.91. The average molecular weight is 152 g/mol. The van der Waals surface area contributed by atoms with E-state index < -0.39 is 7.26 Å². The molecular formula is C6H13ClP+. The summed E-state index contributed by atoms with van der Waals surface area (Å²) in [7, 11) is -0.791. The maximum absolute atomic E-state index is 5.54. The summed E-state index contributed by atoms with van der Waals surface area (Å²) in [5.41, 5.74) is 0. The van der Waals surface area contributed by atoms with E-state index in [1.54, 1.807) is 0 Å². The van der Waals surface area contributed by atoms with E-state index in [-0.39, 0.29) is 0 Å². The molecule has 0 aliphatic heterocycles. The van der Waals surface area contributed by atoms with Gasteiger partial charge in [0.2, 0.25) is 0 Å². The zero-order chi connectivity index (χ0) is 6.62. The summed E-state index contributed by atoms with van der Waals surface area (Å²) >= 11 is 5.54. The second-order valence-electron chi connectivity index (χ2n) is 2.37. The molecule has 2 heteroatoms. The van der Waals surface area contributed by atoms with Crippen LogP contribution in [0.5, 0.6) is 0 Å². The fourth-order valence-electron chi connectivity index (χ4n) is 0.309. The molecule has 0 rings (SSSR count). The fraction of sp³-hybridized carbons (Fsp3) is 0.667. The van der Waals surface area contributed by atoms with Gasteiger partial charge in [0.05, 0.1) is 31.2 Å². The van der Waals surface area contributed by atoms with Crippen molar-refractivity contribution >= 4 is 18.9 Å². The van der Waals surface area contributed by atoms with E-state index >= 15 is 0 Å². The quantitative estimate of drug-likeness (QED) is 0.430. The Kier molecular flexibility index (Phi) is 3.68. The Balaban J connectivity index is 3.53. The molecule has 0 bridgehead atoms. The molecule has 0 nitrogen and oxygen atoms in total. The first-order valence-corrected chi connectivity index (χ1v) is 6.12. The number of alkyl halides is 1. The van der Waals surface area contributed by atoms with Crippen molar-refractivity contribution in [1.29, 1.82) is 0 Å². The highest BCUT2D eigenvalue weighted by Crippen LogP contribution is 2.51. The Morgan fingerprint density at radius 2 is 2.12 bits per heavy atom. The summed E-state index contributed by atoms with van der Waals surface area (Å²) in [4.78, 5) is 0. The van der Waals surface area contributed by atoms with Crippen molar-refractivity contribution in [3.05, 3.63) is 12.4 Å². The first-order valence-electron chi connectivity index (χ1n) is 2.64. The molecule has 0 atom stereocenters. The Morgan fingerprint density at radius 3 is 2.25 bits per heavy atom. The SMILES string of the molecule is C=C[P+](C)(C)CCCl. The van der Waals surface area contributed by atoms with Crippen LogP contribution in [-0.2, 0) is 0 Å². The van der Waals surface area contributed by atoms with Crippen LogP contribution in [0, 0.1) is 0 Å². The monoisotopic (exact) mass is 151 g/mol. The van der Waals surface area contributed by atoms with Gasteiger partial charge in [-0.25, -0.2) is 0 Å². The molecule has 0 saturated heterocycles. The van der Waals surface area contributed by atoms with Gasteiger partial charge < -0.3 is 0 Å². The van der Waals surface area contributed by atoms with Gasteiger partial charge in [0, 0.05) is 7.26 Å². The van der Waals surface area contributed by atoms with Gasteiger partial charge in [-0.05, 0) is 0 Å². The zero-order valence-corrected chi connectivity index (χ0v) is 7.17. The molecule has 0 radical (unpaired) electrons. The van der Waals surface area contributed by atoms with Crippen LogP contribution < -0.4 is 0 Å². The van der Waals surface area contributed by atoms with Crippen LogP contribution in [-0.4, -0.2) is 25.4 Å². The second-order valence-corrected chi connectivity index (χ2v) is 7.12. The largest absolute Gasteiger partial charge is 0.123 e. The lowest BCUT2D eigenvalue weighted by molar-refractivity contribution is 1.49. The lowest BCUT2D eigenvalue weighted by atomic mass is 11.0. The normalized spacial score (nSPS) is 11.4.